The van der Waals surface area contributed by atoms with Crippen LogP contribution in [0.1, 0.15) is 41.0 Å². The molecule has 0 spiro atoms. The van der Waals surface area contributed by atoms with Gasteiger partial charge in [0.1, 0.15) is 11.7 Å². The van der Waals surface area contributed by atoms with Crippen LogP contribution in [0.4, 0.5) is 0 Å². The number of benzene rings is 1. The molecule has 1 unspecified atom stereocenters. The minimum absolute atomic E-state index is 0. The summed E-state index contributed by atoms with van der Waals surface area (Å²) in [6, 6.07) is 5.48. The van der Waals surface area contributed by atoms with Gasteiger partial charge in [-0.2, -0.15) is 0 Å². The second-order valence-electron chi connectivity index (χ2n) is 4.07. The zero-order chi connectivity index (χ0) is 20.6. The van der Waals surface area contributed by atoms with Crippen molar-refractivity contribution in [2.45, 2.75) is 20.3 Å². The van der Waals surface area contributed by atoms with Gasteiger partial charge >= 0.3 is 17.9 Å². The summed E-state index contributed by atoms with van der Waals surface area (Å²) >= 11 is 0. The average Bonchev–Trinajstić information content (AvgIpc) is 2.59. The van der Waals surface area contributed by atoms with Gasteiger partial charge in [-0.3, -0.25) is 33.0 Å². The zero-order valence-electron chi connectivity index (χ0n) is 15.1. The summed E-state index contributed by atoms with van der Waals surface area (Å²) in [6.45, 7) is 2.97. The van der Waals surface area contributed by atoms with Crippen LogP contribution < -0.4 is 23.4 Å². The third-order valence-corrected chi connectivity index (χ3v) is 2.58. The molecule has 0 fully saturated rings. The standard InChI is InChI=1S/C8H6O4.C6H10O3.4Cu.2H4N2/c9-7(10)5-3-1-2-4-6(5)8(11)12;1-3-5(4(2)7)6(8)9;;;;;2*1-2/h1-4H,(H,9,10)(H,11,12);5H,3H2,1-2H3,(H,8,9);;;;;2*1-2H2. The summed E-state index contributed by atoms with van der Waals surface area (Å²) in [5.41, 5.74) is -0.380. The maximum atomic E-state index is 10.5. The molecule has 0 aliphatic rings. The van der Waals surface area contributed by atoms with Crippen molar-refractivity contribution in [2.75, 3.05) is 0 Å². The van der Waals surface area contributed by atoms with Gasteiger partial charge in [-0.15, -0.1) is 0 Å². The predicted octanol–water partition coefficient (Wildman–Crippen LogP) is -0.603. The SMILES string of the molecule is CCC(C(C)=O)C(=O)O.NN.NN.O=C(O)c1ccccc1C(=O)O.[Cu].[Cu].[Cu].[Cu]. The van der Waals surface area contributed by atoms with Gasteiger partial charge in [-0.1, -0.05) is 19.1 Å². The van der Waals surface area contributed by atoms with E-state index in [1.807, 2.05) is 0 Å². The molecule has 0 saturated carbocycles. The molecular formula is C14H24Cu4N4O7. The molecule has 1 rings (SSSR count). The van der Waals surface area contributed by atoms with Crippen LogP contribution in [-0.4, -0.2) is 39.0 Å². The third kappa shape index (κ3) is 21.7. The number of Topliss-reactive ketones (excluding diaryl/α,β-unsaturated/α-hetero) is 1. The number of aromatic carboxylic acids is 2. The fraction of sp³-hybridized carbons (Fsp3) is 0.286. The summed E-state index contributed by atoms with van der Waals surface area (Å²) in [6.07, 6.45) is 0.380. The predicted molar refractivity (Wildman–Crippen MR) is 89.2 cm³/mol. The van der Waals surface area contributed by atoms with Crippen molar-refractivity contribution in [1.82, 2.24) is 0 Å². The molecule has 0 aliphatic carbocycles. The Labute approximate surface area is 210 Å². The molecule has 29 heavy (non-hydrogen) atoms. The van der Waals surface area contributed by atoms with Crippen molar-refractivity contribution in [1.29, 1.82) is 0 Å². The van der Waals surface area contributed by atoms with Crippen LogP contribution in [0.5, 0.6) is 0 Å². The average molecular weight is 615 g/mol. The number of rotatable bonds is 5. The Morgan fingerprint density at radius 3 is 1.17 bits per heavy atom. The van der Waals surface area contributed by atoms with Gasteiger partial charge in [0.2, 0.25) is 0 Å². The van der Waals surface area contributed by atoms with Gasteiger partial charge < -0.3 is 15.3 Å². The minimum Gasteiger partial charge on any atom is -0.481 e. The molecule has 15 heteroatoms. The molecule has 1 aromatic rings. The Hall–Kier alpha value is -0.782. The van der Waals surface area contributed by atoms with E-state index in [1.54, 1.807) is 6.92 Å². The largest absolute Gasteiger partial charge is 0.481 e. The minimum atomic E-state index is -1.23. The molecule has 11 nitrogen and oxygen atoms in total. The first-order valence-electron chi connectivity index (χ1n) is 6.67. The molecule has 0 aliphatic heterocycles. The molecule has 186 valence electrons. The molecule has 1 atom stereocenters. The van der Waals surface area contributed by atoms with Crippen molar-refractivity contribution in [2.24, 2.45) is 29.3 Å². The summed E-state index contributed by atoms with van der Waals surface area (Å²) in [5.74, 6) is 11.4. The molecule has 0 aromatic heterocycles. The normalized spacial score (nSPS) is 8.21. The van der Waals surface area contributed by atoms with Crippen LogP contribution >= 0.6 is 0 Å². The van der Waals surface area contributed by atoms with Crippen LogP contribution in [-0.2, 0) is 77.9 Å². The van der Waals surface area contributed by atoms with Crippen LogP contribution in [0.15, 0.2) is 24.3 Å². The number of ketones is 1. The van der Waals surface area contributed by atoms with E-state index in [2.05, 4.69) is 23.4 Å². The molecule has 0 bridgehead atoms. The Morgan fingerprint density at radius 2 is 1.07 bits per heavy atom. The smallest absolute Gasteiger partial charge is 0.336 e. The van der Waals surface area contributed by atoms with E-state index in [-0.39, 0.29) is 85.2 Å². The number of carbonyl (C=O) groups excluding carboxylic acids is 1. The summed E-state index contributed by atoms with van der Waals surface area (Å²) in [7, 11) is 0. The quantitative estimate of drug-likeness (QED) is 0.0957. The first-order chi connectivity index (χ1) is 11.7. The molecule has 0 heterocycles. The zero-order valence-corrected chi connectivity index (χ0v) is 18.9. The molecule has 0 amide bonds. The second-order valence-corrected chi connectivity index (χ2v) is 4.07. The van der Waals surface area contributed by atoms with Crippen LogP contribution in [0.25, 0.3) is 0 Å². The van der Waals surface area contributed by atoms with Crippen LogP contribution in [0, 0.1) is 5.92 Å². The number of hydrogen-bond donors (Lipinski definition) is 7. The fourth-order valence-electron chi connectivity index (χ4n) is 1.49. The summed E-state index contributed by atoms with van der Waals surface area (Å²) in [4.78, 5) is 41.5. The van der Waals surface area contributed by atoms with Gasteiger partial charge in [0.25, 0.3) is 0 Å². The second kappa shape index (κ2) is 29.4. The van der Waals surface area contributed by atoms with Crippen molar-refractivity contribution >= 4 is 23.7 Å². The molecule has 4 radical (unpaired) electrons. The maximum Gasteiger partial charge on any atom is 0.336 e. The Kier molecular flexibility index (Phi) is 47.1. The molecule has 11 N–H and O–H groups in total. The number of hydrazine groups is 2. The van der Waals surface area contributed by atoms with Gasteiger partial charge in [-0.05, 0) is 25.5 Å². The van der Waals surface area contributed by atoms with Crippen LogP contribution in [0.2, 0.25) is 0 Å². The summed E-state index contributed by atoms with van der Waals surface area (Å²) < 4.78 is 0. The van der Waals surface area contributed by atoms with Crippen molar-refractivity contribution in [3.63, 3.8) is 0 Å². The number of aliphatic carboxylic acids is 1. The van der Waals surface area contributed by atoms with E-state index in [4.69, 9.17) is 15.3 Å². The first-order valence-corrected chi connectivity index (χ1v) is 6.67. The Balaban J connectivity index is -0.0000000519. The fourth-order valence-corrected chi connectivity index (χ4v) is 1.49. The number of hydrogen-bond acceptors (Lipinski definition) is 8. The topological polar surface area (TPSA) is 233 Å². The monoisotopic (exact) mass is 612 g/mol. The molecule has 1 aromatic carbocycles. The van der Waals surface area contributed by atoms with Crippen molar-refractivity contribution in [3.8, 4) is 0 Å². The van der Waals surface area contributed by atoms with E-state index >= 15 is 0 Å². The van der Waals surface area contributed by atoms with E-state index < -0.39 is 23.8 Å². The van der Waals surface area contributed by atoms with Gasteiger partial charge in [0.05, 0.1) is 11.1 Å². The van der Waals surface area contributed by atoms with E-state index in [1.165, 1.54) is 31.2 Å². The number of carbonyl (C=O) groups is 4. The van der Waals surface area contributed by atoms with Crippen molar-refractivity contribution < 1.29 is 103 Å². The molecular weight excluding hydrogens is 590 g/mol. The van der Waals surface area contributed by atoms with E-state index in [0.717, 1.165) is 0 Å². The molecule has 0 saturated heterocycles. The van der Waals surface area contributed by atoms with Gasteiger partial charge in [0.15, 0.2) is 0 Å². The maximum absolute atomic E-state index is 10.5. The van der Waals surface area contributed by atoms with Crippen LogP contribution in [0.3, 0.4) is 0 Å². The first kappa shape index (κ1) is 46.4. The number of carboxylic acids is 3. The number of nitrogens with two attached hydrogens (primary N) is 4. The van der Waals surface area contributed by atoms with Gasteiger partial charge in [0, 0.05) is 68.3 Å². The van der Waals surface area contributed by atoms with Crippen molar-refractivity contribution in [3.05, 3.63) is 35.4 Å². The Morgan fingerprint density at radius 1 is 0.793 bits per heavy atom. The van der Waals surface area contributed by atoms with E-state index in [9.17, 15) is 19.2 Å². The Bertz CT molecular complexity index is 534. The third-order valence-electron chi connectivity index (χ3n) is 2.58. The van der Waals surface area contributed by atoms with Gasteiger partial charge in [-0.25, -0.2) is 9.59 Å². The number of carboxylic acid groups (broad SMARTS) is 3. The van der Waals surface area contributed by atoms with E-state index in [0.29, 0.717) is 6.42 Å². The summed E-state index contributed by atoms with van der Waals surface area (Å²) in [5, 5.41) is 25.4.